The summed E-state index contributed by atoms with van der Waals surface area (Å²) in [5, 5.41) is 6.93. The number of likely N-dealkylation sites (N-methyl/N-ethyl adjacent to an activating group) is 1. The molecule has 1 aliphatic heterocycles. The second-order valence-corrected chi connectivity index (χ2v) is 9.36. The number of nitrogens with one attached hydrogen (secondary N) is 2. The largest absolute Gasteiger partial charge is 0.478 e. The Morgan fingerprint density at radius 2 is 1.97 bits per heavy atom. The van der Waals surface area contributed by atoms with Crippen LogP contribution < -0.4 is 25.8 Å². The first-order chi connectivity index (χ1) is 16.2. The number of anilines is 3. The highest BCUT2D eigenvalue weighted by Crippen LogP contribution is 2.29. The highest BCUT2D eigenvalue weighted by atomic mass is 35.5. The summed E-state index contributed by atoms with van der Waals surface area (Å²) in [5.74, 6) is 2.10. The molecule has 0 bridgehead atoms. The van der Waals surface area contributed by atoms with Gasteiger partial charge in [-0.15, -0.1) is 0 Å². The van der Waals surface area contributed by atoms with Gasteiger partial charge in [0.05, 0.1) is 11.7 Å². The van der Waals surface area contributed by atoms with Gasteiger partial charge in [0.15, 0.2) is 18.2 Å². The number of carbonyl (C=O) groups is 1. The van der Waals surface area contributed by atoms with E-state index in [1.165, 1.54) is 18.0 Å². The SMILES string of the molecule is CNC(=O)COc1cc2cc(Nc3nc(N4C[C@@H](C)C[C@H](C)C4)ncc3Cl)ccc2n(C)c1=O. The van der Waals surface area contributed by atoms with Crippen LogP contribution in [0.15, 0.2) is 35.3 Å². The van der Waals surface area contributed by atoms with Crippen molar-refractivity contribution in [2.24, 2.45) is 18.9 Å². The molecule has 3 heterocycles. The number of nitrogens with zero attached hydrogens (tertiary/aromatic N) is 4. The van der Waals surface area contributed by atoms with Crippen molar-refractivity contribution in [2.45, 2.75) is 20.3 Å². The summed E-state index contributed by atoms with van der Waals surface area (Å²) >= 11 is 6.41. The Morgan fingerprint density at radius 1 is 1.24 bits per heavy atom. The van der Waals surface area contributed by atoms with Crippen molar-refractivity contribution in [1.82, 2.24) is 19.9 Å². The van der Waals surface area contributed by atoms with Crippen LogP contribution in [0.25, 0.3) is 10.9 Å². The lowest BCUT2D eigenvalue weighted by Crippen LogP contribution is -2.39. The van der Waals surface area contributed by atoms with E-state index in [1.54, 1.807) is 19.3 Å². The van der Waals surface area contributed by atoms with Gasteiger partial charge in [-0.05, 0) is 42.5 Å². The van der Waals surface area contributed by atoms with Crippen LogP contribution in [-0.4, -0.2) is 47.2 Å². The maximum atomic E-state index is 12.6. The zero-order valence-corrected chi connectivity index (χ0v) is 20.5. The predicted molar refractivity (Wildman–Crippen MR) is 134 cm³/mol. The van der Waals surface area contributed by atoms with Gasteiger partial charge < -0.3 is 24.8 Å². The normalized spacial score (nSPS) is 18.1. The molecule has 2 N–H and O–H groups in total. The number of carbonyl (C=O) groups excluding carboxylic acids is 1. The van der Waals surface area contributed by atoms with Gasteiger partial charge in [-0.2, -0.15) is 4.98 Å². The number of hydrogen-bond acceptors (Lipinski definition) is 7. The molecule has 1 amide bonds. The summed E-state index contributed by atoms with van der Waals surface area (Å²) in [6.45, 7) is 6.07. The molecule has 0 radical (unpaired) electrons. The molecule has 34 heavy (non-hydrogen) atoms. The summed E-state index contributed by atoms with van der Waals surface area (Å²) in [6, 6.07) is 7.21. The standard InChI is InChI=1S/C24H29ClN6O3/c1-14-7-15(2)12-31(11-14)24-27-10-18(25)22(29-24)28-17-5-6-19-16(8-17)9-20(23(33)30(19)4)34-13-21(32)26-3/h5-6,8-10,14-15H,7,11-13H2,1-4H3,(H,26,32)(H,27,28,29)/t14-,15-/m0/s1. The zero-order valence-electron chi connectivity index (χ0n) is 19.8. The lowest BCUT2D eigenvalue weighted by Gasteiger charge is -2.35. The van der Waals surface area contributed by atoms with E-state index in [4.69, 9.17) is 21.3 Å². The highest BCUT2D eigenvalue weighted by Gasteiger charge is 2.24. The number of ether oxygens (including phenoxy) is 1. The van der Waals surface area contributed by atoms with E-state index < -0.39 is 0 Å². The zero-order chi connectivity index (χ0) is 24.4. The minimum absolute atomic E-state index is 0.103. The quantitative estimate of drug-likeness (QED) is 0.553. The molecule has 0 saturated carbocycles. The molecule has 2 aromatic heterocycles. The van der Waals surface area contributed by atoms with Crippen LogP contribution in [0.5, 0.6) is 5.75 Å². The molecule has 1 saturated heterocycles. The van der Waals surface area contributed by atoms with E-state index in [9.17, 15) is 9.59 Å². The first-order valence-electron chi connectivity index (χ1n) is 11.3. The number of hydrogen-bond donors (Lipinski definition) is 2. The molecular weight excluding hydrogens is 456 g/mol. The van der Waals surface area contributed by atoms with Gasteiger partial charge in [-0.1, -0.05) is 25.4 Å². The maximum absolute atomic E-state index is 12.6. The fourth-order valence-electron chi connectivity index (χ4n) is 4.41. The van der Waals surface area contributed by atoms with Crippen molar-refractivity contribution in [2.75, 3.05) is 37.0 Å². The molecule has 0 aliphatic carbocycles. The summed E-state index contributed by atoms with van der Waals surface area (Å²) in [6.07, 6.45) is 2.81. The molecule has 0 unspecified atom stereocenters. The molecule has 9 nitrogen and oxygen atoms in total. The van der Waals surface area contributed by atoms with E-state index in [0.29, 0.717) is 28.6 Å². The number of amides is 1. The topological polar surface area (TPSA) is 101 Å². The van der Waals surface area contributed by atoms with E-state index >= 15 is 0 Å². The molecule has 180 valence electrons. The van der Waals surface area contributed by atoms with Gasteiger partial charge in [0.1, 0.15) is 5.02 Å². The fraction of sp³-hybridized carbons (Fsp3) is 0.417. The summed E-state index contributed by atoms with van der Waals surface area (Å²) < 4.78 is 6.94. The number of fused-ring (bicyclic) bond motifs is 1. The Bertz CT molecular complexity index is 1270. The molecule has 10 heteroatoms. The lowest BCUT2D eigenvalue weighted by molar-refractivity contribution is -0.122. The Labute approximate surface area is 203 Å². The van der Waals surface area contributed by atoms with Crippen molar-refractivity contribution < 1.29 is 9.53 Å². The molecular formula is C24H29ClN6O3. The first kappa shape index (κ1) is 23.8. The molecule has 3 aromatic rings. The molecule has 4 rings (SSSR count). The van der Waals surface area contributed by atoms with Crippen LogP contribution in [0.3, 0.4) is 0 Å². The minimum Gasteiger partial charge on any atom is -0.478 e. The van der Waals surface area contributed by atoms with E-state index in [2.05, 4.69) is 34.4 Å². The van der Waals surface area contributed by atoms with E-state index in [1.807, 2.05) is 18.2 Å². The summed E-state index contributed by atoms with van der Waals surface area (Å²) in [5.41, 5.74) is 1.16. The molecule has 2 atom stereocenters. The van der Waals surface area contributed by atoms with Crippen molar-refractivity contribution >= 4 is 45.9 Å². The van der Waals surface area contributed by atoms with Crippen LogP contribution >= 0.6 is 11.6 Å². The van der Waals surface area contributed by atoms with Gasteiger partial charge >= 0.3 is 0 Å². The molecule has 1 fully saturated rings. The smallest absolute Gasteiger partial charge is 0.293 e. The third-order valence-electron chi connectivity index (χ3n) is 5.97. The average molecular weight is 485 g/mol. The number of aromatic nitrogens is 3. The number of aryl methyl sites for hydroxylation is 1. The van der Waals surface area contributed by atoms with Crippen LogP contribution in [-0.2, 0) is 11.8 Å². The molecule has 1 aliphatic rings. The van der Waals surface area contributed by atoms with Crippen LogP contribution in [0, 0.1) is 11.8 Å². The Morgan fingerprint density at radius 3 is 2.68 bits per heavy atom. The predicted octanol–water partition coefficient (Wildman–Crippen LogP) is 3.33. The number of benzene rings is 1. The number of pyridine rings is 1. The second kappa shape index (κ2) is 9.89. The van der Waals surface area contributed by atoms with Crippen molar-refractivity contribution in [1.29, 1.82) is 0 Å². The van der Waals surface area contributed by atoms with Crippen LogP contribution in [0.1, 0.15) is 20.3 Å². The van der Waals surface area contributed by atoms with Crippen molar-refractivity contribution in [3.63, 3.8) is 0 Å². The van der Waals surface area contributed by atoms with E-state index in [-0.39, 0.29) is 23.8 Å². The Hall–Kier alpha value is -3.33. The van der Waals surface area contributed by atoms with Crippen molar-refractivity contribution in [3.8, 4) is 5.75 Å². The number of rotatable bonds is 6. The fourth-order valence-corrected chi connectivity index (χ4v) is 4.55. The van der Waals surface area contributed by atoms with Gasteiger partial charge in [-0.3, -0.25) is 9.59 Å². The van der Waals surface area contributed by atoms with Crippen LogP contribution in [0.2, 0.25) is 5.02 Å². The average Bonchev–Trinajstić information content (AvgIpc) is 2.81. The van der Waals surface area contributed by atoms with Gasteiger partial charge in [-0.25, -0.2) is 4.98 Å². The first-order valence-corrected chi connectivity index (χ1v) is 11.6. The van der Waals surface area contributed by atoms with Crippen LogP contribution in [0.4, 0.5) is 17.5 Å². The van der Waals surface area contributed by atoms with Gasteiger partial charge in [0, 0.05) is 38.3 Å². The van der Waals surface area contributed by atoms with E-state index in [0.717, 1.165) is 29.7 Å². The van der Waals surface area contributed by atoms with Gasteiger partial charge in [0.25, 0.3) is 11.5 Å². The summed E-state index contributed by atoms with van der Waals surface area (Å²) in [4.78, 5) is 35.5. The monoisotopic (exact) mass is 484 g/mol. The van der Waals surface area contributed by atoms with Crippen molar-refractivity contribution in [3.05, 3.63) is 45.8 Å². The second-order valence-electron chi connectivity index (χ2n) is 8.95. The molecule has 0 spiro atoms. The molecule has 1 aromatic carbocycles. The summed E-state index contributed by atoms with van der Waals surface area (Å²) in [7, 11) is 3.18. The minimum atomic E-state index is -0.315. The third kappa shape index (κ3) is 5.09. The number of halogens is 1. The maximum Gasteiger partial charge on any atom is 0.293 e. The number of piperidine rings is 1. The Kier molecular flexibility index (Phi) is 6.92. The highest BCUT2D eigenvalue weighted by molar-refractivity contribution is 6.32. The Balaban J connectivity index is 1.62. The van der Waals surface area contributed by atoms with Gasteiger partial charge in [0.2, 0.25) is 5.95 Å². The lowest BCUT2D eigenvalue weighted by atomic mass is 9.92. The third-order valence-corrected chi connectivity index (χ3v) is 6.25.